The quantitative estimate of drug-likeness (QED) is 0.582. The summed E-state index contributed by atoms with van der Waals surface area (Å²) in [6, 6.07) is 8.35. The molecule has 160 valence electrons. The Morgan fingerprint density at radius 1 is 1.23 bits per heavy atom. The van der Waals surface area contributed by atoms with Crippen molar-refractivity contribution in [1.29, 1.82) is 0 Å². The minimum atomic E-state index is -1.66. The van der Waals surface area contributed by atoms with Gasteiger partial charge in [0.1, 0.15) is 17.1 Å². The molecule has 2 aromatic carbocycles. The summed E-state index contributed by atoms with van der Waals surface area (Å²) in [6.07, 6.45) is -1.39. The Bertz CT molecular complexity index is 1200. The van der Waals surface area contributed by atoms with E-state index in [0.29, 0.717) is 11.3 Å². The zero-order valence-corrected chi connectivity index (χ0v) is 16.2. The van der Waals surface area contributed by atoms with E-state index in [1.165, 1.54) is 18.1 Å². The highest BCUT2D eigenvalue weighted by molar-refractivity contribution is 6.00. The summed E-state index contributed by atoms with van der Waals surface area (Å²) in [6.45, 7) is 0.0466. The number of carbonyl (C=O) groups excluding carboxylic acids is 2. The Morgan fingerprint density at radius 2 is 2.00 bits per heavy atom. The van der Waals surface area contributed by atoms with Crippen molar-refractivity contribution in [3.05, 3.63) is 64.9 Å². The summed E-state index contributed by atoms with van der Waals surface area (Å²) in [4.78, 5) is 27.3. The van der Waals surface area contributed by atoms with E-state index in [0.717, 1.165) is 17.7 Å². The molecule has 0 spiro atoms. The molecule has 2 aliphatic heterocycles. The lowest BCUT2D eigenvalue weighted by molar-refractivity contribution is -0.125. The normalized spacial score (nSPS) is 22.8. The first-order valence-corrected chi connectivity index (χ1v) is 9.43. The van der Waals surface area contributed by atoms with Crippen molar-refractivity contribution in [3.8, 4) is 5.75 Å². The van der Waals surface area contributed by atoms with Crippen LogP contribution in [0.4, 0.5) is 8.78 Å². The number of ether oxygens (including phenoxy) is 1. The maximum Gasteiger partial charge on any atom is 0.254 e. The zero-order valence-electron chi connectivity index (χ0n) is 16.2. The van der Waals surface area contributed by atoms with Crippen LogP contribution in [0.25, 0.3) is 11.0 Å². The Labute approximate surface area is 174 Å². The van der Waals surface area contributed by atoms with E-state index in [1.807, 2.05) is 0 Å². The number of methoxy groups -OCH3 is 1. The molecule has 1 saturated heterocycles. The number of aliphatic hydroxyl groups excluding tert-OH is 1. The molecular weight excluding hydrogens is 412 g/mol. The molecule has 8 nitrogen and oxygen atoms in total. The molecular formula is C21H17F2N3O5. The fourth-order valence-corrected chi connectivity index (χ4v) is 4.09. The van der Waals surface area contributed by atoms with Crippen LogP contribution in [0.5, 0.6) is 5.75 Å². The first-order chi connectivity index (χ1) is 14.8. The summed E-state index contributed by atoms with van der Waals surface area (Å²) in [5.74, 6) is -2.57. The molecule has 0 saturated carbocycles. The lowest BCUT2D eigenvalue weighted by atomic mass is 9.95. The topological polar surface area (TPSA) is 104 Å². The first kappa shape index (κ1) is 19.5. The van der Waals surface area contributed by atoms with Gasteiger partial charge in [-0.15, -0.1) is 0 Å². The molecule has 2 atom stereocenters. The van der Waals surface area contributed by atoms with Gasteiger partial charge >= 0.3 is 0 Å². The number of nitrogens with zero attached hydrogens (tertiary/aromatic N) is 1. The lowest BCUT2D eigenvalue weighted by Gasteiger charge is -2.29. The Hall–Kier alpha value is -3.50. The van der Waals surface area contributed by atoms with E-state index >= 15 is 0 Å². The van der Waals surface area contributed by atoms with E-state index < -0.39 is 29.4 Å². The van der Waals surface area contributed by atoms with Gasteiger partial charge in [-0.3, -0.25) is 14.9 Å². The van der Waals surface area contributed by atoms with E-state index in [2.05, 4.69) is 10.6 Å². The fraction of sp³-hybridized carbons (Fsp3) is 0.238. The molecule has 1 aromatic heterocycles. The predicted molar refractivity (Wildman–Crippen MR) is 103 cm³/mol. The third kappa shape index (κ3) is 2.94. The average molecular weight is 429 g/mol. The SMILES string of the molecule is COc1ccc2c(c1)C(=O)N(C[C@@]1(c3cc4cc(F)c(F)cc4o3)NC(O)NC1=O)C2. The number of halogens is 2. The van der Waals surface area contributed by atoms with Gasteiger partial charge in [0, 0.05) is 23.6 Å². The van der Waals surface area contributed by atoms with Gasteiger partial charge in [0.15, 0.2) is 23.5 Å². The number of rotatable bonds is 4. The van der Waals surface area contributed by atoms with Crippen LogP contribution in [-0.4, -0.2) is 41.8 Å². The van der Waals surface area contributed by atoms with Crippen LogP contribution in [0.1, 0.15) is 21.7 Å². The summed E-state index contributed by atoms with van der Waals surface area (Å²) >= 11 is 0. The number of carbonyl (C=O) groups is 2. The van der Waals surface area contributed by atoms with Crippen LogP contribution >= 0.6 is 0 Å². The second-order valence-electron chi connectivity index (χ2n) is 7.52. The molecule has 1 unspecified atom stereocenters. The van der Waals surface area contributed by atoms with Gasteiger partial charge in [-0.25, -0.2) is 8.78 Å². The van der Waals surface area contributed by atoms with Crippen molar-refractivity contribution >= 4 is 22.8 Å². The molecule has 1 fully saturated rings. The number of nitrogens with one attached hydrogen (secondary N) is 2. The summed E-state index contributed by atoms with van der Waals surface area (Å²) in [5, 5.41) is 15.3. The van der Waals surface area contributed by atoms with Crippen molar-refractivity contribution in [1.82, 2.24) is 15.5 Å². The zero-order chi connectivity index (χ0) is 21.9. The van der Waals surface area contributed by atoms with Crippen molar-refractivity contribution in [2.24, 2.45) is 0 Å². The second kappa shape index (κ2) is 6.76. The van der Waals surface area contributed by atoms with E-state index in [9.17, 15) is 23.5 Å². The van der Waals surface area contributed by atoms with E-state index in [4.69, 9.17) is 9.15 Å². The molecule has 3 heterocycles. The number of fused-ring (bicyclic) bond motifs is 2. The molecule has 31 heavy (non-hydrogen) atoms. The molecule has 0 aliphatic carbocycles. The highest BCUT2D eigenvalue weighted by atomic mass is 19.2. The van der Waals surface area contributed by atoms with E-state index in [1.54, 1.807) is 18.2 Å². The third-order valence-electron chi connectivity index (χ3n) is 5.64. The Morgan fingerprint density at radius 3 is 2.71 bits per heavy atom. The van der Waals surface area contributed by atoms with Gasteiger partial charge in [0.25, 0.3) is 11.8 Å². The molecule has 10 heteroatoms. The number of furan rings is 1. The van der Waals surface area contributed by atoms with E-state index in [-0.39, 0.29) is 35.7 Å². The summed E-state index contributed by atoms with van der Waals surface area (Å²) in [7, 11) is 1.50. The fourth-order valence-electron chi connectivity index (χ4n) is 4.09. The highest BCUT2D eigenvalue weighted by Crippen LogP contribution is 2.35. The largest absolute Gasteiger partial charge is 0.497 e. The predicted octanol–water partition coefficient (Wildman–Crippen LogP) is 1.57. The minimum absolute atomic E-state index is 0.0166. The van der Waals surface area contributed by atoms with Crippen LogP contribution in [0.15, 0.2) is 40.8 Å². The van der Waals surface area contributed by atoms with Gasteiger partial charge in [-0.2, -0.15) is 0 Å². The van der Waals surface area contributed by atoms with Crippen LogP contribution in [0, 0.1) is 11.6 Å². The number of aliphatic hydroxyl groups is 1. The van der Waals surface area contributed by atoms with Crippen LogP contribution < -0.4 is 15.4 Å². The molecule has 3 aromatic rings. The Kier molecular flexibility index (Phi) is 4.24. The number of hydrogen-bond acceptors (Lipinski definition) is 6. The molecule has 3 N–H and O–H groups in total. The second-order valence-corrected chi connectivity index (χ2v) is 7.52. The maximum absolute atomic E-state index is 13.6. The van der Waals surface area contributed by atoms with Crippen molar-refractivity contribution in [2.75, 3.05) is 13.7 Å². The van der Waals surface area contributed by atoms with Gasteiger partial charge in [0.2, 0.25) is 0 Å². The molecule has 0 radical (unpaired) electrons. The van der Waals surface area contributed by atoms with Crippen molar-refractivity contribution in [3.63, 3.8) is 0 Å². The third-order valence-corrected chi connectivity index (χ3v) is 5.64. The van der Waals surface area contributed by atoms with Crippen LogP contribution in [0.2, 0.25) is 0 Å². The monoisotopic (exact) mass is 429 g/mol. The van der Waals surface area contributed by atoms with Gasteiger partial charge in [-0.05, 0) is 29.8 Å². The van der Waals surface area contributed by atoms with Crippen LogP contribution in [0.3, 0.4) is 0 Å². The molecule has 2 aliphatic rings. The van der Waals surface area contributed by atoms with Gasteiger partial charge in [0.05, 0.1) is 13.7 Å². The van der Waals surface area contributed by atoms with Gasteiger partial charge < -0.3 is 24.5 Å². The van der Waals surface area contributed by atoms with Crippen LogP contribution in [-0.2, 0) is 16.9 Å². The standard InChI is InChI=1S/C21H17F2N3O5/c1-30-12-3-2-10-8-26(18(27)13(10)6-12)9-21(19(28)24-20(29)25-21)17-5-11-4-14(22)15(23)7-16(11)31-17/h2-7,20,25,29H,8-9H2,1H3,(H,24,28)/t20?,21-/m0/s1. The minimum Gasteiger partial charge on any atom is -0.497 e. The lowest BCUT2D eigenvalue weighted by Crippen LogP contribution is -2.53. The van der Waals surface area contributed by atoms with Crippen molar-refractivity contribution in [2.45, 2.75) is 18.4 Å². The average Bonchev–Trinajstić information content (AvgIpc) is 3.37. The van der Waals surface area contributed by atoms with Crippen molar-refractivity contribution < 1.29 is 32.6 Å². The summed E-state index contributed by atoms with van der Waals surface area (Å²) in [5.41, 5.74) is -0.423. The number of amides is 2. The highest BCUT2D eigenvalue weighted by Gasteiger charge is 2.52. The maximum atomic E-state index is 13.6. The molecule has 0 bridgehead atoms. The smallest absolute Gasteiger partial charge is 0.254 e. The first-order valence-electron chi connectivity index (χ1n) is 9.43. The molecule has 5 rings (SSSR count). The molecule has 2 amide bonds. The number of benzene rings is 2. The van der Waals surface area contributed by atoms with Gasteiger partial charge in [-0.1, -0.05) is 6.07 Å². The summed E-state index contributed by atoms with van der Waals surface area (Å²) < 4.78 is 38.1. The number of hydrogen-bond donors (Lipinski definition) is 3. The Balaban J connectivity index is 1.55.